The van der Waals surface area contributed by atoms with E-state index in [-0.39, 0.29) is 17.9 Å². The summed E-state index contributed by atoms with van der Waals surface area (Å²) in [7, 11) is -1.46. The van der Waals surface area contributed by atoms with Crippen LogP contribution in [0.15, 0.2) is 0 Å². The molecular formula is C10H22N2O3S. The minimum atomic E-state index is -3.14. The van der Waals surface area contributed by atoms with Crippen LogP contribution >= 0.6 is 0 Å². The average molecular weight is 250 g/mol. The number of hydrogen-bond acceptors (Lipinski definition) is 4. The summed E-state index contributed by atoms with van der Waals surface area (Å²) >= 11 is 0. The van der Waals surface area contributed by atoms with Crippen molar-refractivity contribution in [3.8, 4) is 0 Å². The molecule has 0 aromatic carbocycles. The highest BCUT2D eigenvalue weighted by atomic mass is 32.2. The Balaban J connectivity index is 2.30. The average Bonchev–Trinajstić information content (AvgIpc) is 2.65. The van der Waals surface area contributed by atoms with Crippen LogP contribution in [0, 0.1) is 0 Å². The van der Waals surface area contributed by atoms with E-state index in [1.807, 2.05) is 6.92 Å². The molecule has 0 aromatic heterocycles. The van der Waals surface area contributed by atoms with Gasteiger partial charge in [0.15, 0.2) is 0 Å². The summed E-state index contributed by atoms with van der Waals surface area (Å²) in [6.45, 7) is 3.26. The van der Waals surface area contributed by atoms with Crippen molar-refractivity contribution in [3.05, 3.63) is 0 Å². The van der Waals surface area contributed by atoms with Crippen LogP contribution in [0.5, 0.6) is 0 Å². The Morgan fingerprint density at radius 2 is 2.12 bits per heavy atom. The number of rotatable bonds is 7. The Hall–Kier alpha value is -0.170. The highest BCUT2D eigenvalue weighted by Gasteiger charge is 2.27. The molecule has 6 heteroatoms. The van der Waals surface area contributed by atoms with Gasteiger partial charge in [0.05, 0.1) is 11.9 Å². The van der Waals surface area contributed by atoms with Crippen molar-refractivity contribution in [2.45, 2.75) is 38.3 Å². The van der Waals surface area contributed by atoms with E-state index in [9.17, 15) is 8.42 Å². The minimum Gasteiger partial charge on any atom is -0.381 e. The molecule has 0 radical (unpaired) electrons. The lowest BCUT2D eigenvalue weighted by Gasteiger charge is -2.13. The highest BCUT2D eigenvalue weighted by molar-refractivity contribution is 7.89. The number of ether oxygens (including phenoxy) is 1. The molecule has 1 saturated carbocycles. The standard InChI is InChI=1S/C10H22N2O3S/c1-3-11-6-7-16(13,14)12-9-4-5-10(8-9)15-2/h9-12H,3-8H2,1-2H3. The molecule has 2 atom stereocenters. The van der Waals surface area contributed by atoms with E-state index in [0.29, 0.717) is 6.54 Å². The lowest BCUT2D eigenvalue weighted by molar-refractivity contribution is 0.107. The Bertz CT molecular complexity index is 292. The van der Waals surface area contributed by atoms with Crippen LogP contribution in [0.4, 0.5) is 0 Å². The maximum Gasteiger partial charge on any atom is 0.213 e. The summed E-state index contributed by atoms with van der Waals surface area (Å²) in [6, 6.07) is 0.0524. The van der Waals surface area contributed by atoms with Gasteiger partial charge in [0.1, 0.15) is 0 Å². The number of sulfonamides is 1. The van der Waals surface area contributed by atoms with Gasteiger partial charge in [-0.1, -0.05) is 6.92 Å². The predicted octanol–water partition coefficient (Wildman–Crippen LogP) is 0.0828. The lowest BCUT2D eigenvalue weighted by Crippen LogP contribution is -2.37. The molecule has 0 aliphatic heterocycles. The van der Waals surface area contributed by atoms with Gasteiger partial charge in [-0.15, -0.1) is 0 Å². The third kappa shape index (κ3) is 4.78. The molecule has 5 nitrogen and oxygen atoms in total. The first kappa shape index (κ1) is 13.9. The Labute approximate surface area is 98.0 Å². The highest BCUT2D eigenvalue weighted by Crippen LogP contribution is 2.21. The molecule has 0 amide bonds. The maximum absolute atomic E-state index is 11.7. The van der Waals surface area contributed by atoms with Crippen molar-refractivity contribution in [3.63, 3.8) is 0 Å². The molecule has 96 valence electrons. The Morgan fingerprint density at radius 3 is 2.69 bits per heavy atom. The summed E-state index contributed by atoms with van der Waals surface area (Å²) in [5.41, 5.74) is 0. The van der Waals surface area contributed by atoms with Gasteiger partial charge in [0, 0.05) is 19.7 Å². The second-order valence-corrected chi connectivity index (χ2v) is 6.03. The fraction of sp³-hybridized carbons (Fsp3) is 1.00. The van der Waals surface area contributed by atoms with Crippen LogP contribution in [0.1, 0.15) is 26.2 Å². The van der Waals surface area contributed by atoms with Crippen LogP contribution < -0.4 is 10.0 Å². The maximum atomic E-state index is 11.7. The summed E-state index contributed by atoms with van der Waals surface area (Å²) in [4.78, 5) is 0. The van der Waals surface area contributed by atoms with Crippen LogP contribution in [0.2, 0.25) is 0 Å². The molecule has 0 spiro atoms. The van der Waals surface area contributed by atoms with E-state index in [2.05, 4.69) is 10.0 Å². The van der Waals surface area contributed by atoms with Gasteiger partial charge >= 0.3 is 0 Å². The molecule has 2 N–H and O–H groups in total. The van der Waals surface area contributed by atoms with Gasteiger partial charge in [0.25, 0.3) is 0 Å². The van der Waals surface area contributed by atoms with E-state index >= 15 is 0 Å². The fourth-order valence-corrected chi connectivity index (χ4v) is 3.21. The second kappa shape index (κ2) is 6.54. The molecule has 1 aliphatic rings. The van der Waals surface area contributed by atoms with Crippen molar-refractivity contribution < 1.29 is 13.2 Å². The van der Waals surface area contributed by atoms with Crippen molar-refractivity contribution in [1.29, 1.82) is 0 Å². The molecule has 0 heterocycles. The Morgan fingerprint density at radius 1 is 1.38 bits per heavy atom. The topological polar surface area (TPSA) is 67.4 Å². The van der Waals surface area contributed by atoms with E-state index in [1.54, 1.807) is 7.11 Å². The van der Waals surface area contributed by atoms with Gasteiger partial charge in [-0.2, -0.15) is 0 Å². The predicted molar refractivity (Wildman–Crippen MR) is 63.9 cm³/mol. The zero-order valence-electron chi connectivity index (χ0n) is 10.0. The molecule has 1 aliphatic carbocycles. The minimum absolute atomic E-state index is 0.0524. The largest absolute Gasteiger partial charge is 0.381 e. The smallest absolute Gasteiger partial charge is 0.213 e. The van der Waals surface area contributed by atoms with Crippen LogP contribution in [-0.2, 0) is 14.8 Å². The first-order chi connectivity index (χ1) is 7.57. The molecule has 1 fully saturated rings. The normalized spacial score (nSPS) is 26.1. The molecule has 0 saturated heterocycles. The van der Waals surface area contributed by atoms with Crippen molar-refractivity contribution in [2.75, 3.05) is 26.0 Å². The molecule has 0 aromatic rings. The zero-order chi connectivity index (χ0) is 12.0. The monoisotopic (exact) mass is 250 g/mol. The number of hydrogen-bond donors (Lipinski definition) is 2. The lowest BCUT2D eigenvalue weighted by atomic mass is 10.3. The quantitative estimate of drug-likeness (QED) is 0.628. The zero-order valence-corrected chi connectivity index (χ0v) is 10.8. The molecule has 16 heavy (non-hydrogen) atoms. The first-order valence-electron chi connectivity index (χ1n) is 5.81. The second-order valence-electron chi connectivity index (χ2n) is 4.16. The third-order valence-electron chi connectivity index (χ3n) is 2.86. The number of nitrogens with one attached hydrogen (secondary N) is 2. The van der Waals surface area contributed by atoms with Crippen LogP contribution in [0.3, 0.4) is 0 Å². The summed E-state index contributed by atoms with van der Waals surface area (Å²) in [6.07, 6.45) is 2.81. The van der Waals surface area contributed by atoms with Gasteiger partial charge < -0.3 is 10.1 Å². The van der Waals surface area contributed by atoms with Crippen molar-refractivity contribution in [1.82, 2.24) is 10.0 Å². The fourth-order valence-electron chi connectivity index (χ4n) is 1.96. The summed E-state index contributed by atoms with van der Waals surface area (Å²) in [5.74, 6) is 0.148. The third-order valence-corrected chi connectivity index (χ3v) is 4.30. The van der Waals surface area contributed by atoms with E-state index in [4.69, 9.17) is 4.74 Å². The van der Waals surface area contributed by atoms with Gasteiger partial charge in [0.2, 0.25) is 10.0 Å². The van der Waals surface area contributed by atoms with E-state index < -0.39 is 10.0 Å². The number of methoxy groups -OCH3 is 1. The van der Waals surface area contributed by atoms with Crippen LogP contribution in [0.25, 0.3) is 0 Å². The molecule has 0 bridgehead atoms. The van der Waals surface area contributed by atoms with E-state index in [1.165, 1.54) is 0 Å². The summed E-state index contributed by atoms with van der Waals surface area (Å²) < 4.78 is 31.3. The van der Waals surface area contributed by atoms with Crippen molar-refractivity contribution in [2.24, 2.45) is 0 Å². The SMILES string of the molecule is CCNCCS(=O)(=O)NC1CCC(OC)C1. The van der Waals surface area contributed by atoms with Gasteiger partial charge in [-0.3, -0.25) is 0 Å². The molecule has 2 unspecified atom stereocenters. The van der Waals surface area contributed by atoms with Crippen LogP contribution in [-0.4, -0.2) is 46.5 Å². The summed E-state index contributed by atoms with van der Waals surface area (Å²) in [5, 5.41) is 3.01. The van der Waals surface area contributed by atoms with Gasteiger partial charge in [-0.25, -0.2) is 13.1 Å². The Kier molecular flexibility index (Phi) is 5.68. The van der Waals surface area contributed by atoms with Gasteiger partial charge in [-0.05, 0) is 25.8 Å². The van der Waals surface area contributed by atoms with E-state index in [0.717, 1.165) is 25.8 Å². The molecule has 1 rings (SSSR count). The van der Waals surface area contributed by atoms with Crippen molar-refractivity contribution >= 4 is 10.0 Å². The first-order valence-corrected chi connectivity index (χ1v) is 7.46. The molecular weight excluding hydrogens is 228 g/mol.